The van der Waals surface area contributed by atoms with E-state index >= 15 is 0 Å². The fraction of sp³-hybridized carbons (Fsp3) is 0.174. The van der Waals surface area contributed by atoms with E-state index in [4.69, 9.17) is 18.9 Å². The summed E-state index contributed by atoms with van der Waals surface area (Å²) in [6.07, 6.45) is 0. The summed E-state index contributed by atoms with van der Waals surface area (Å²) >= 11 is 0. The van der Waals surface area contributed by atoms with Crippen molar-refractivity contribution in [2.45, 2.75) is 12.5 Å². The molecule has 0 atom stereocenters. The van der Waals surface area contributed by atoms with Crippen molar-refractivity contribution < 1.29 is 23.7 Å². The van der Waals surface area contributed by atoms with Crippen molar-refractivity contribution in [2.24, 2.45) is 0 Å². The van der Waals surface area contributed by atoms with Crippen LogP contribution < -0.4 is 14.2 Å². The molecule has 142 valence electrons. The van der Waals surface area contributed by atoms with Crippen LogP contribution in [0.2, 0.25) is 0 Å². The molecule has 0 aromatic heterocycles. The Morgan fingerprint density at radius 3 is 2.07 bits per heavy atom. The van der Waals surface area contributed by atoms with Gasteiger partial charge < -0.3 is 18.9 Å². The molecule has 0 aliphatic carbocycles. The van der Waals surface area contributed by atoms with Crippen molar-refractivity contribution in [3.05, 3.63) is 83.4 Å². The zero-order valence-electron chi connectivity index (χ0n) is 15.7. The van der Waals surface area contributed by atoms with Crippen LogP contribution in [0, 0.1) is 0 Å². The fourth-order valence-corrected chi connectivity index (χ4v) is 3.37. The van der Waals surface area contributed by atoms with E-state index in [9.17, 15) is 4.79 Å². The van der Waals surface area contributed by atoms with Crippen LogP contribution in [0.15, 0.2) is 66.7 Å². The van der Waals surface area contributed by atoms with Crippen molar-refractivity contribution >= 4 is 5.97 Å². The molecule has 0 saturated carbocycles. The number of rotatable bonds is 5. The molecular weight excluding hydrogens is 356 g/mol. The molecule has 0 spiro atoms. The number of fused-ring (bicyclic) bond motifs is 2. The maximum absolute atomic E-state index is 13.0. The third-order valence-electron chi connectivity index (χ3n) is 4.74. The Morgan fingerprint density at radius 2 is 1.46 bits per heavy atom. The van der Waals surface area contributed by atoms with Crippen molar-refractivity contribution in [3.8, 4) is 23.0 Å². The molecule has 1 heterocycles. The van der Waals surface area contributed by atoms with Gasteiger partial charge in [-0.3, -0.25) is 4.79 Å². The first-order valence-electron chi connectivity index (χ1n) is 8.94. The van der Waals surface area contributed by atoms with E-state index in [1.54, 1.807) is 26.4 Å². The fourth-order valence-electron chi connectivity index (χ4n) is 3.37. The molecule has 4 rings (SSSR count). The highest BCUT2D eigenvalue weighted by Gasteiger charge is 2.33. The molecule has 3 aromatic rings. The van der Waals surface area contributed by atoms with Crippen LogP contribution >= 0.6 is 0 Å². The first-order chi connectivity index (χ1) is 13.7. The molecular formula is C23H20O5. The minimum atomic E-state index is -0.527. The summed E-state index contributed by atoms with van der Waals surface area (Å²) in [5.74, 6) is 1.73. The largest absolute Gasteiger partial charge is 0.493 e. The second-order valence-corrected chi connectivity index (χ2v) is 6.41. The molecule has 1 aliphatic rings. The molecule has 0 fully saturated rings. The summed E-state index contributed by atoms with van der Waals surface area (Å²) in [5.41, 5.74) is 2.43. The van der Waals surface area contributed by atoms with Gasteiger partial charge in [-0.25, -0.2) is 0 Å². The number of hydrogen-bond acceptors (Lipinski definition) is 5. The van der Waals surface area contributed by atoms with Crippen LogP contribution in [0.5, 0.6) is 23.0 Å². The Bertz CT molecular complexity index is 966. The summed E-state index contributed by atoms with van der Waals surface area (Å²) in [7, 11) is 3.15. The highest BCUT2D eigenvalue weighted by molar-refractivity contribution is 5.85. The average molecular weight is 376 g/mol. The smallest absolute Gasteiger partial charge is 0.318 e. The average Bonchev–Trinajstić information content (AvgIpc) is 2.75. The highest BCUT2D eigenvalue weighted by Crippen LogP contribution is 2.44. The van der Waals surface area contributed by atoms with E-state index in [1.807, 2.05) is 54.6 Å². The molecule has 0 amide bonds. The van der Waals surface area contributed by atoms with Gasteiger partial charge in [0.05, 0.1) is 14.2 Å². The number of para-hydroxylation sites is 2. The van der Waals surface area contributed by atoms with Gasteiger partial charge >= 0.3 is 5.97 Å². The Balaban J connectivity index is 1.59. The van der Waals surface area contributed by atoms with Crippen molar-refractivity contribution in [1.29, 1.82) is 0 Å². The van der Waals surface area contributed by atoms with E-state index in [1.165, 1.54) is 0 Å². The quantitative estimate of drug-likeness (QED) is 0.605. The SMILES string of the molecule is COc1ccc(COC(=O)C2c3ccccc3Oc3ccccc32)cc1OC. The topological polar surface area (TPSA) is 54.0 Å². The van der Waals surface area contributed by atoms with Gasteiger partial charge in [0.1, 0.15) is 24.0 Å². The molecule has 0 N–H and O–H groups in total. The number of carbonyl (C=O) groups excluding carboxylic acids is 1. The lowest BCUT2D eigenvalue weighted by atomic mass is 9.88. The zero-order valence-corrected chi connectivity index (χ0v) is 15.7. The summed E-state index contributed by atoms with van der Waals surface area (Å²) in [4.78, 5) is 13.0. The normalized spacial score (nSPS) is 12.4. The number of hydrogen-bond donors (Lipinski definition) is 0. The number of methoxy groups -OCH3 is 2. The van der Waals surface area contributed by atoms with Gasteiger partial charge in [-0.15, -0.1) is 0 Å². The van der Waals surface area contributed by atoms with Crippen LogP contribution in [0.4, 0.5) is 0 Å². The summed E-state index contributed by atoms with van der Waals surface area (Å²) in [6, 6.07) is 20.5. The Labute approximate surface area is 163 Å². The number of esters is 1. The van der Waals surface area contributed by atoms with E-state index in [0.29, 0.717) is 23.0 Å². The molecule has 0 unspecified atom stereocenters. The molecule has 0 saturated heterocycles. The number of ether oxygens (including phenoxy) is 4. The minimum absolute atomic E-state index is 0.140. The number of benzene rings is 3. The first-order valence-corrected chi connectivity index (χ1v) is 8.94. The second-order valence-electron chi connectivity index (χ2n) is 6.41. The second kappa shape index (κ2) is 7.64. The third kappa shape index (κ3) is 3.27. The van der Waals surface area contributed by atoms with Crippen LogP contribution in [-0.2, 0) is 16.1 Å². The summed E-state index contributed by atoms with van der Waals surface area (Å²) < 4.78 is 22.2. The van der Waals surface area contributed by atoms with Crippen LogP contribution in [0.3, 0.4) is 0 Å². The molecule has 5 nitrogen and oxygen atoms in total. The standard InChI is InChI=1S/C23H20O5/c1-25-20-12-11-15(13-21(20)26-2)14-27-23(24)22-16-7-3-5-9-18(16)28-19-10-6-4-8-17(19)22/h3-13,22H,14H2,1-2H3. The lowest BCUT2D eigenvalue weighted by molar-refractivity contribution is -0.145. The van der Waals surface area contributed by atoms with Crippen LogP contribution in [0.1, 0.15) is 22.6 Å². The molecule has 3 aromatic carbocycles. The van der Waals surface area contributed by atoms with Crippen molar-refractivity contribution in [3.63, 3.8) is 0 Å². The lowest BCUT2D eigenvalue weighted by Crippen LogP contribution is -2.21. The lowest BCUT2D eigenvalue weighted by Gasteiger charge is -2.26. The van der Waals surface area contributed by atoms with Gasteiger partial charge in [0.25, 0.3) is 0 Å². The monoisotopic (exact) mass is 376 g/mol. The van der Waals surface area contributed by atoms with E-state index in [0.717, 1.165) is 16.7 Å². The van der Waals surface area contributed by atoms with Gasteiger partial charge in [0.15, 0.2) is 11.5 Å². The minimum Gasteiger partial charge on any atom is -0.493 e. The van der Waals surface area contributed by atoms with Crippen LogP contribution in [-0.4, -0.2) is 20.2 Å². The number of carbonyl (C=O) groups is 1. The highest BCUT2D eigenvalue weighted by atomic mass is 16.5. The van der Waals surface area contributed by atoms with Crippen molar-refractivity contribution in [2.75, 3.05) is 14.2 Å². The Hall–Kier alpha value is -3.47. The maximum atomic E-state index is 13.0. The third-order valence-corrected chi connectivity index (χ3v) is 4.74. The van der Waals surface area contributed by atoms with E-state index < -0.39 is 5.92 Å². The zero-order chi connectivity index (χ0) is 19.5. The summed E-state index contributed by atoms with van der Waals surface area (Å²) in [5, 5.41) is 0. The first kappa shape index (κ1) is 17.9. The van der Waals surface area contributed by atoms with Gasteiger partial charge in [-0.2, -0.15) is 0 Å². The van der Waals surface area contributed by atoms with Gasteiger partial charge in [-0.05, 0) is 29.8 Å². The Kier molecular flexibility index (Phi) is 4.89. The molecule has 5 heteroatoms. The van der Waals surface area contributed by atoms with Crippen LogP contribution in [0.25, 0.3) is 0 Å². The van der Waals surface area contributed by atoms with Gasteiger partial charge in [0, 0.05) is 11.1 Å². The van der Waals surface area contributed by atoms with Gasteiger partial charge in [-0.1, -0.05) is 42.5 Å². The summed E-state index contributed by atoms with van der Waals surface area (Å²) in [6.45, 7) is 0.140. The molecule has 0 radical (unpaired) electrons. The molecule has 28 heavy (non-hydrogen) atoms. The molecule has 1 aliphatic heterocycles. The van der Waals surface area contributed by atoms with E-state index in [-0.39, 0.29) is 12.6 Å². The predicted molar refractivity (Wildman–Crippen MR) is 104 cm³/mol. The Morgan fingerprint density at radius 1 is 0.857 bits per heavy atom. The molecule has 0 bridgehead atoms. The van der Waals surface area contributed by atoms with Crippen molar-refractivity contribution in [1.82, 2.24) is 0 Å². The van der Waals surface area contributed by atoms with Gasteiger partial charge in [0.2, 0.25) is 0 Å². The predicted octanol–water partition coefficient (Wildman–Crippen LogP) is 4.68. The maximum Gasteiger partial charge on any atom is 0.318 e. The van der Waals surface area contributed by atoms with E-state index in [2.05, 4.69) is 0 Å².